The van der Waals surface area contributed by atoms with Gasteiger partial charge in [0, 0.05) is 5.41 Å². The minimum absolute atomic E-state index is 0.0412. The molecule has 2 N–H and O–H groups in total. The number of rotatable bonds is 4. The number of nitrogens with one attached hydrogen (secondary N) is 2. The van der Waals surface area contributed by atoms with Gasteiger partial charge in [-0.2, -0.15) is 0 Å². The SMILES string of the molecule is Cc1ccc(Cl)c(NC(=O)c2cnc(NC(=O)C3(C)CC3)s2)c1. The molecule has 1 saturated carbocycles. The summed E-state index contributed by atoms with van der Waals surface area (Å²) < 4.78 is 0. The van der Waals surface area contributed by atoms with Crippen LogP contribution in [0.3, 0.4) is 0 Å². The van der Waals surface area contributed by atoms with Crippen molar-refractivity contribution in [3.8, 4) is 0 Å². The lowest BCUT2D eigenvalue weighted by atomic mass is 10.1. The first kappa shape index (κ1) is 16.0. The molecule has 2 aromatic rings. The summed E-state index contributed by atoms with van der Waals surface area (Å²) in [7, 11) is 0. The lowest BCUT2D eigenvalue weighted by Crippen LogP contribution is -2.21. The first-order chi connectivity index (χ1) is 10.9. The maximum Gasteiger partial charge on any atom is 0.267 e. The topological polar surface area (TPSA) is 71.1 Å². The normalized spacial score (nSPS) is 15.1. The smallest absolute Gasteiger partial charge is 0.267 e. The van der Waals surface area contributed by atoms with Gasteiger partial charge in [-0.3, -0.25) is 9.59 Å². The Morgan fingerprint density at radius 1 is 1.30 bits per heavy atom. The number of aromatic nitrogens is 1. The van der Waals surface area contributed by atoms with Gasteiger partial charge in [-0.15, -0.1) is 0 Å². The van der Waals surface area contributed by atoms with Crippen LogP contribution in [0.5, 0.6) is 0 Å². The fourth-order valence-electron chi connectivity index (χ4n) is 2.02. The highest BCUT2D eigenvalue weighted by Gasteiger charge is 2.45. The van der Waals surface area contributed by atoms with Crippen LogP contribution in [0, 0.1) is 12.3 Å². The van der Waals surface area contributed by atoms with Crippen molar-refractivity contribution in [1.29, 1.82) is 0 Å². The molecule has 0 atom stereocenters. The van der Waals surface area contributed by atoms with Gasteiger partial charge < -0.3 is 10.6 Å². The van der Waals surface area contributed by atoms with Crippen molar-refractivity contribution in [2.75, 3.05) is 10.6 Å². The third-order valence-electron chi connectivity index (χ3n) is 3.87. The molecule has 1 aromatic carbocycles. The summed E-state index contributed by atoms with van der Waals surface area (Å²) in [4.78, 5) is 28.8. The van der Waals surface area contributed by atoms with E-state index in [4.69, 9.17) is 11.6 Å². The minimum Gasteiger partial charge on any atom is -0.320 e. The second-order valence-corrected chi connectivity index (χ2v) is 7.42. The van der Waals surface area contributed by atoms with E-state index in [1.165, 1.54) is 6.20 Å². The highest BCUT2D eigenvalue weighted by molar-refractivity contribution is 7.17. The van der Waals surface area contributed by atoms with E-state index >= 15 is 0 Å². The molecule has 0 radical (unpaired) electrons. The van der Waals surface area contributed by atoms with E-state index in [0.717, 1.165) is 29.7 Å². The van der Waals surface area contributed by atoms with E-state index in [0.29, 0.717) is 20.7 Å². The Balaban J connectivity index is 1.68. The molecule has 7 heteroatoms. The Labute approximate surface area is 143 Å². The highest BCUT2D eigenvalue weighted by atomic mass is 35.5. The van der Waals surface area contributed by atoms with E-state index in [-0.39, 0.29) is 17.2 Å². The molecule has 0 unspecified atom stereocenters. The summed E-state index contributed by atoms with van der Waals surface area (Å²) in [5.41, 5.74) is 1.28. The van der Waals surface area contributed by atoms with Crippen molar-refractivity contribution >= 4 is 45.6 Å². The molecule has 1 heterocycles. The summed E-state index contributed by atoms with van der Waals surface area (Å²) in [5, 5.41) is 6.44. The second-order valence-electron chi connectivity index (χ2n) is 5.98. The Morgan fingerprint density at radius 3 is 2.74 bits per heavy atom. The van der Waals surface area contributed by atoms with E-state index in [9.17, 15) is 9.59 Å². The molecule has 1 fully saturated rings. The fraction of sp³-hybridized carbons (Fsp3) is 0.312. The first-order valence-electron chi connectivity index (χ1n) is 7.22. The van der Waals surface area contributed by atoms with Gasteiger partial charge in [0.2, 0.25) is 5.91 Å². The lowest BCUT2D eigenvalue weighted by molar-refractivity contribution is -0.120. The third-order valence-corrected chi connectivity index (χ3v) is 5.11. The largest absolute Gasteiger partial charge is 0.320 e. The molecule has 5 nitrogen and oxygen atoms in total. The third kappa shape index (κ3) is 3.54. The molecule has 120 valence electrons. The van der Waals surface area contributed by atoms with Crippen LogP contribution in [0.2, 0.25) is 5.02 Å². The van der Waals surface area contributed by atoms with Crippen LogP contribution in [-0.4, -0.2) is 16.8 Å². The number of hydrogen-bond acceptors (Lipinski definition) is 4. The minimum atomic E-state index is -0.298. The average molecular weight is 350 g/mol. The molecule has 2 amide bonds. The Hall–Kier alpha value is -1.92. The summed E-state index contributed by atoms with van der Waals surface area (Å²) in [6, 6.07) is 5.41. The van der Waals surface area contributed by atoms with Crippen LogP contribution in [0.1, 0.15) is 35.0 Å². The van der Waals surface area contributed by atoms with E-state index < -0.39 is 0 Å². The fourth-order valence-corrected chi connectivity index (χ4v) is 2.89. The standard InChI is InChI=1S/C16H16ClN3O2S/c1-9-3-4-10(17)11(7-9)19-13(21)12-8-18-15(23-12)20-14(22)16(2)5-6-16/h3-4,7-8H,5-6H2,1-2H3,(H,19,21)(H,18,20,22). The van der Waals surface area contributed by atoms with E-state index in [1.807, 2.05) is 19.9 Å². The maximum atomic E-state index is 12.3. The predicted octanol–water partition coefficient (Wildman–Crippen LogP) is 4.10. The highest BCUT2D eigenvalue weighted by Crippen LogP contribution is 2.45. The number of benzene rings is 1. The summed E-state index contributed by atoms with van der Waals surface area (Å²) >= 11 is 7.22. The molecule has 1 aliphatic rings. The molecule has 3 rings (SSSR count). The number of carbonyl (C=O) groups is 2. The Kier molecular flexibility index (Phi) is 4.12. The molecule has 0 aliphatic heterocycles. The van der Waals surface area contributed by atoms with Crippen molar-refractivity contribution < 1.29 is 9.59 Å². The molecule has 0 bridgehead atoms. The van der Waals surface area contributed by atoms with Gasteiger partial charge >= 0.3 is 0 Å². The van der Waals surface area contributed by atoms with Crippen molar-refractivity contribution in [3.05, 3.63) is 39.9 Å². The lowest BCUT2D eigenvalue weighted by Gasteiger charge is -2.07. The monoisotopic (exact) mass is 349 g/mol. The second kappa shape index (κ2) is 5.94. The molecule has 1 aromatic heterocycles. The molecule has 0 spiro atoms. The van der Waals surface area contributed by atoms with Crippen molar-refractivity contribution in [2.45, 2.75) is 26.7 Å². The summed E-state index contributed by atoms with van der Waals surface area (Å²) in [5.74, 6) is -0.339. The molecular weight excluding hydrogens is 334 g/mol. The van der Waals surface area contributed by atoms with Crippen LogP contribution in [0.15, 0.2) is 24.4 Å². The summed E-state index contributed by atoms with van der Waals surface area (Å²) in [6.07, 6.45) is 3.24. The van der Waals surface area contributed by atoms with Gasteiger partial charge in [-0.1, -0.05) is 35.9 Å². The first-order valence-corrected chi connectivity index (χ1v) is 8.42. The molecular formula is C16H16ClN3O2S. The quantitative estimate of drug-likeness (QED) is 0.873. The van der Waals surface area contributed by atoms with Crippen LogP contribution < -0.4 is 10.6 Å². The molecule has 1 aliphatic carbocycles. The molecule has 0 saturated heterocycles. The van der Waals surface area contributed by atoms with Crippen molar-refractivity contribution in [1.82, 2.24) is 4.98 Å². The number of halogens is 1. The van der Waals surface area contributed by atoms with Gasteiger partial charge in [0.25, 0.3) is 5.91 Å². The number of carbonyl (C=O) groups excluding carboxylic acids is 2. The Bertz CT molecular complexity index is 783. The zero-order valence-corrected chi connectivity index (χ0v) is 14.3. The Morgan fingerprint density at radius 2 is 2.04 bits per heavy atom. The maximum absolute atomic E-state index is 12.3. The van der Waals surface area contributed by atoms with E-state index in [2.05, 4.69) is 15.6 Å². The number of anilines is 2. The van der Waals surface area contributed by atoms with Gasteiger partial charge in [0.1, 0.15) is 4.88 Å². The van der Waals surface area contributed by atoms with Crippen molar-refractivity contribution in [2.24, 2.45) is 5.41 Å². The van der Waals surface area contributed by atoms with Gasteiger partial charge in [0.05, 0.1) is 16.9 Å². The van der Waals surface area contributed by atoms with Crippen LogP contribution >= 0.6 is 22.9 Å². The zero-order chi connectivity index (χ0) is 16.6. The van der Waals surface area contributed by atoms with E-state index in [1.54, 1.807) is 12.1 Å². The summed E-state index contributed by atoms with van der Waals surface area (Å²) in [6.45, 7) is 3.84. The molecule has 23 heavy (non-hydrogen) atoms. The zero-order valence-electron chi connectivity index (χ0n) is 12.8. The van der Waals surface area contributed by atoms with Crippen LogP contribution in [-0.2, 0) is 4.79 Å². The van der Waals surface area contributed by atoms with Gasteiger partial charge in [-0.25, -0.2) is 4.98 Å². The predicted molar refractivity (Wildman–Crippen MR) is 92.2 cm³/mol. The number of thiazole rings is 1. The van der Waals surface area contributed by atoms with Crippen LogP contribution in [0.25, 0.3) is 0 Å². The number of nitrogens with zero attached hydrogens (tertiary/aromatic N) is 1. The van der Waals surface area contributed by atoms with Gasteiger partial charge in [0.15, 0.2) is 5.13 Å². The van der Waals surface area contributed by atoms with Crippen LogP contribution in [0.4, 0.5) is 10.8 Å². The number of hydrogen-bond donors (Lipinski definition) is 2. The van der Waals surface area contributed by atoms with Gasteiger partial charge in [-0.05, 0) is 37.5 Å². The number of aryl methyl sites for hydroxylation is 1. The average Bonchev–Trinajstić information content (AvgIpc) is 3.08. The van der Waals surface area contributed by atoms with Crippen molar-refractivity contribution in [3.63, 3.8) is 0 Å². The number of amides is 2.